The molecule has 0 spiro atoms. The molecule has 2 amide bonds. The van der Waals surface area contributed by atoms with Gasteiger partial charge in [0.2, 0.25) is 0 Å². The van der Waals surface area contributed by atoms with Gasteiger partial charge in [0.15, 0.2) is 0 Å². The van der Waals surface area contributed by atoms with E-state index in [1.165, 1.54) is 5.56 Å². The van der Waals surface area contributed by atoms with E-state index in [0.29, 0.717) is 5.92 Å². The van der Waals surface area contributed by atoms with Gasteiger partial charge in [-0.15, -0.1) is 0 Å². The normalized spacial score (nSPS) is 19.5. The van der Waals surface area contributed by atoms with Crippen molar-refractivity contribution in [1.82, 2.24) is 0 Å². The lowest BCUT2D eigenvalue weighted by molar-refractivity contribution is 0.254. The van der Waals surface area contributed by atoms with Crippen molar-refractivity contribution in [1.29, 1.82) is 0 Å². The SMILES string of the molecule is CCC1CN(C(N)=O)c2ccccc21. The number of amides is 2. The minimum absolute atomic E-state index is 0.353. The summed E-state index contributed by atoms with van der Waals surface area (Å²) in [5.41, 5.74) is 7.54. The van der Waals surface area contributed by atoms with Crippen LogP contribution in [0.3, 0.4) is 0 Å². The van der Waals surface area contributed by atoms with Crippen LogP contribution in [0, 0.1) is 0 Å². The molecular weight excluding hydrogens is 176 g/mol. The maximum Gasteiger partial charge on any atom is 0.319 e. The molecule has 0 aromatic heterocycles. The Labute approximate surface area is 83.5 Å². The lowest BCUT2D eigenvalue weighted by atomic mass is 9.99. The van der Waals surface area contributed by atoms with Gasteiger partial charge in [0.25, 0.3) is 0 Å². The van der Waals surface area contributed by atoms with E-state index in [1.807, 2.05) is 18.2 Å². The summed E-state index contributed by atoms with van der Waals surface area (Å²) in [5.74, 6) is 0.443. The summed E-state index contributed by atoms with van der Waals surface area (Å²) in [7, 11) is 0. The van der Waals surface area contributed by atoms with Crippen molar-refractivity contribution in [2.24, 2.45) is 5.73 Å². The highest BCUT2D eigenvalue weighted by Gasteiger charge is 2.29. The zero-order valence-corrected chi connectivity index (χ0v) is 8.23. The average molecular weight is 190 g/mol. The number of rotatable bonds is 1. The summed E-state index contributed by atoms with van der Waals surface area (Å²) < 4.78 is 0. The standard InChI is InChI=1S/C11H14N2O/c1-2-8-7-13(11(12)14)10-6-4-3-5-9(8)10/h3-6,8H,2,7H2,1H3,(H2,12,14). The smallest absolute Gasteiger partial charge is 0.319 e. The number of carbonyl (C=O) groups excluding carboxylic acids is 1. The molecule has 2 N–H and O–H groups in total. The number of urea groups is 1. The Morgan fingerprint density at radius 2 is 2.29 bits per heavy atom. The van der Waals surface area contributed by atoms with Crippen LogP contribution in [0.2, 0.25) is 0 Å². The van der Waals surface area contributed by atoms with Crippen molar-refractivity contribution >= 4 is 11.7 Å². The van der Waals surface area contributed by atoms with Crippen LogP contribution >= 0.6 is 0 Å². The molecule has 1 aromatic rings. The molecule has 2 rings (SSSR count). The van der Waals surface area contributed by atoms with E-state index in [2.05, 4.69) is 13.0 Å². The third-order valence-electron chi connectivity index (χ3n) is 2.83. The number of nitrogens with two attached hydrogens (primary N) is 1. The van der Waals surface area contributed by atoms with Gasteiger partial charge in [-0.2, -0.15) is 0 Å². The molecule has 1 aliphatic heterocycles. The van der Waals surface area contributed by atoms with Crippen molar-refractivity contribution in [3.8, 4) is 0 Å². The predicted octanol–water partition coefficient (Wildman–Crippen LogP) is 2.08. The second kappa shape index (κ2) is 3.33. The zero-order valence-electron chi connectivity index (χ0n) is 8.23. The van der Waals surface area contributed by atoms with E-state index in [9.17, 15) is 4.79 Å². The van der Waals surface area contributed by atoms with Crippen LogP contribution in [0.5, 0.6) is 0 Å². The third-order valence-corrected chi connectivity index (χ3v) is 2.83. The van der Waals surface area contributed by atoms with E-state index in [4.69, 9.17) is 5.73 Å². The van der Waals surface area contributed by atoms with E-state index in [0.717, 1.165) is 18.7 Å². The molecule has 1 heterocycles. The minimum Gasteiger partial charge on any atom is -0.351 e. The molecule has 0 bridgehead atoms. The number of fused-ring (bicyclic) bond motifs is 1. The molecule has 1 aromatic carbocycles. The highest BCUT2D eigenvalue weighted by molar-refractivity contribution is 5.93. The summed E-state index contributed by atoms with van der Waals surface area (Å²) in [6, 6.07) is 7.62. The number of nitrogens with zero attached hydrogens (tertiary/aromatic N) is 1. The number of para-hydroxylation sites is 1. The summed E-state index contributed by atoms with van der Waals surface area (Å²) in [6.45, 7) is 2.86. The number of anilines is 1. The van der Waals surface area contributed by atoms with Crippen molar-refractivity contribution in [3.05, 3.63) is 29.8 Å². The zero-order chi connectivity index (χ0) is 10.1. The molecule has 1 unspecified atom stereocenters. The molecule has 0 fully saturated rings. The van der Waals surface area contributed by atoms with Gasteiger partial charge in [-0.05, 0) is 18.1 Å². The van der Waals surface area contributed by atoms with Gasteiger partial charge in [-0.25, -0.2) is 4.79 Å². The number of carbonyl (C=O) groups is 1. The Hall–Kier alpha value is -1.51. The van der Waals surface area contributed by atoms with Gasteiger partial charge in [0, 0.05) is 18.2 Å². The summed E-state index contributed by atoms with van der Waals surface area (Å²) in [5, 5.41) is 0. The molecule has 0 saturated heterocycles. The molecule has 3 heteroatoms. The second-order valence-corrected chi connectivity index (χ2v) is 3.61. The van der Waals surface area contributed by atoms with Gasteiger partial charge in [-0.3, -0.25) is 4.90 Å². The fourth-order valence-corrected chi connectivity index (χ4v) is 2.05. The fraction of sp³-hybridized carbons (Fsp3) is 0.364. The largest absolute Gasteiger partial charge is 0.351 e. The Morgan fingerprint density at radius 3 is 2.93 bits per heavy atom. The summed E-state index contributed by atoms with van der Waals surface area (Å²) >= 11 is 0. The first-order chi connectivity index (χ1) is 6.74. The van der Waals surface area contributed by atoms with Crippen LogP contribution in [-0.4, -0.2) is 12.6 Å². The molecule has 0 radical (unpaired) electrons. The molecular formula is C11H14N2O. The number of benzene rings is 1. The second-order valence-electron chi connectivity index (χ2n) is 3.61. The van der Waals surface area contributed by atoms with Gasteiger partial charge in [0.1, 0.15) is 0 Å². The Kier molecular flexibility index (Phi) is 2.15. The van der Waals surface area contributed by atoms with Crippen LogP contribution in [0.4, 0.5) is 10.5 Å². The molecule has 0 saturated carbocycles. The van der Waals surface area contributed by atoms with Crippen LogP contribution in [0.25, 0.3) is 0 Å². The van der Waals surface area contributed by atoms with Crippen molar-refractivity contribution < 1.29 is 4.79 Å². The fourth-order valence-electron chi connectivity index (χ4n) is 2.05. The minimum atomic E-state index is -0.353. The lowest BCUT2D eigenvalue weighted by Gasteiger charge is -2.13. The van der Waals surface area contributed by atoms with Crippen LogP contribution in [0.1, 0.15) is 24.8 Å². The van der Waals surface area contributed by atoms with E-state index in [-0.39, 0.29) is 6.03 Å². The van der Waals surface area contributed by atoms with E-state index < -0.39 is 0 Å². The molecule has 1 aliphatic rings. The van der Waals surface area contributed by atoms with Gasteiger partial charge in [-0.1, -0.05) is 25.1 Å². The summed E-state index contributed by atoms with van der Waals surface area (Å²) in [4.78, 5) is 12.8. The monoisotopic (exact) mass is 190 g/mol. The molecule has 3 nitrogen and oxygen atoms in total. The lowest BCUT2D eigenvalue weighted by Crippen LogP contribution is -2.34. The maximum absolute atomic E-state index is 11.2. The summed E-state index contributed by atoms with van der Waals surface area (Å²) in [6.07, 6.45) is 1.04. The highest BCUT2D eigenvalue weighted by Crippen LogP contribution is 2.37. The van der Waals surface area contributed by atoms with Gasteiger partial charge >= 0.3 is 6.03 Å². The number of primary amides is 1. The molecule has 74 valence electrons. The first kappa shape index (κ1) is 9.06. The Bertz CT molecular complexity index is 362. The quantitative estimate of drug-likeness (QED) is 0.724. The Balaban J connectivity index is 2.43. The third kappa shape index (κ3) is 1.25. The van der Waals surface area contributed by atoms with Crippen molar-refractivity contribution in [2.45, 2.75) is 19.3 Å². The maximum atomic E-state index is 11.2. The molecule has 0 aliphatic carbocycles. The van der Waals surface area contributed by atoms with Crippen molar-refractivity contribution in [2.75, 3.05) is 11.4 Å². The topological polar surface area (TPSA) is 46.3 Å². The Morgan fingerprint density at radius 1 is 1.57 bits per heavy atom. The predicted molar refractivity (Wildman–Crippen MR) is 56.4 cm³/mol. The first-order valence-electron chi connectivity index (χ1n) is 4.90. The van der Waals surface area contributed by atoms with Gasteiger partial charge < -0.3 is 5.73 Å². The van der Waals surface area contributed by atoms with Crippen LogP contribution in [-0.2, 0) is 0 Å². The van der Waals surface area contributed by atoms with E-state index in [1.54, 1.807) is 4.90 Å². The average Bonchev–Trinajstić information content (AvgIpc) is 2.56. The molecule has 14 heavy (non-hydrogen) atoms. The van der Waals surface area contributed by atoms with Crippen LogP contribution < -0.4 is 10.6 Å². The van der Waals surface area contributed by atoms with Crippen molar-refractivity contribution in [3.63, 3.8) is 0 Å². The van der Waals surface area contributed by atoms with Crippen LogP contribution in [0.15, 0.2) is 24.3 Å². The van der Waals surface area contributed by atoms with Gasteiger partial charge in [0.05, 0.1) is 0 Å². The first-order valence-corrected chi connectivity index (χ1v) is 4.90. The molecule has 1 atom stereocenters. The highest BCUT2D eigenvalue weighted by atomic mass is 16.2. The number of hydrogen-bond acceptors (Lipinski definition) is 1. The number of hydrogen-bond donors (Lipinski definition) is 1. The van der Waals surface area contributed by atoms with E-state index >= 15 is 0 Å².